The van der Waals surface area contributed by atoms with E-state index in [1.807, 2.05) is 0 Å². The molecule has 248 valence electrons. The van der Waals surface area contributed by atoms with Crippen LogP contribution in [0.5, 0.6) is 0 Å². The van der Waals surface area contributed by atoms with Gasteiger partial charge in [0.25, 0.3) is 0 Å². The Morgan fingerprint density at radius 2 is 0.857 bits per heavy atom. The molecule has 0 spiro atoms. The fourth-order valence-electron chi connectivity index (χ4n) is 5.79. The van der Waals surface area contributed by atoms with Crippen molar-refractivity contribution in [3.8, 4) is 0 Å². The van der Waals surface area contributed by atoms with Crippen molar-refractivity contribution in [2.45, 2.75) is 155 Å². The molecule has 0 aromatic rings. The van der Waals surface area contributed by atoms with Crippen molar-refractivity contribution < 1.29 is 9.59 Å². The highest BCUT2D eigenvalue weighted by molar-refractivity contribution is 5.76. The molecule has 0 atom stereocenters. The molecule has 1 fully saturated rings. The Kier molecular flexibility index (Phi) is 26.4. The molecule has 42 heavy (non-hydrogen) atoms. The lowest BCUT2D eigenvalue weighted by Gasteiger charge is -2.40. The number of carbonyl (C=O) groups is 2. The fourth-order valence-corrected chi connectivity index (χ4v) is 5.79. The molecule has 0 bridgehead atoms. The average molecular weight is 594 g/mol. The number of unbranched alkanes of at least 4 members (excludes halogenated alkanes) is 18. The van der Waals surface area contributed by atoms with Gasteiger partial charge in [-0.1, -0.05) is 129 Å². The largest absolute Gasteiger partial charge is 0.356 e. The third-order valence-electron chi connectivity index (χ3n) is 8.78. The fraction of sp³-hybridized carbons (Fsp3) is 0.943. The Bertz CT molecular complexity index is 583. The van der Waals surface area contributed by atoms with E-state index in [1.165, 1.54) is 116 Å². The van der Waals surface area contributed by atoms with Crippen molar-refractivity contribution in [1.29, 1.82) is 0 Å². The number of carbonyl (C=O) groups excluding carboxylic acids is 2. The summed E-state index contributed by atoms with van der Waals surface area (Å²) in [7, 11) is 2.16. The molecule has 7 heteroatoms. The van der Waals surface area contributed by atoms with Crippen LogP contribution < -0.4 is 10.6 Å². The predicted molar refractivity (Wildman–Crippen MR) is 180 cm³/mol. The summed E-state index contributed by atoms with van der Waals surface area (Å²) in [6.07, 6.45) is 27.2. The minimum absolute atomic E-state index is 0.135. The van der Waals surface area contributed by atoms with Crippen LogP contribution in [-0.2, 0) is 9.59 Å². The predicted octanol–water partition coefficient (Wildman–Crippen LogP) is 7.31. The van der Waals surface area contributed by atoms with Crippen LogP contribution in [0.15, 0.2) is 0 Å². The van der Waals surface area contributed by atoms with Crippen molar-refractivity contribution >= 4 is 11.8 Å². The molecule has 1 rings (SSSR count). The molecule has 1 saturated heterocycles. The van der Waals surface area contributed by atoms with E-state index in [1.54, 1.807) is 0 Å². The number of hydrazine groups is 1. The Morgan fingerprint density at radius 3 is 1.21 bits per heavy atom. The number of likely N-dealkylation sites (N-methyl/N-ethyl adjacent to an activating group) is 1. The molecule has 0 aromatic carbocycles. The second kappa shape index (κ2) is 28.6. The van der Waals surface area contributed by atoms with Gasteiger partial charge in [0.05, 0.1) is 0 Å². The number of piperazine rings is 1. The minimum atomic E-state index is 0.135. The van der Waals surface area contributed by atoms with E-state index >= 15 is 0 Å². The summed E-state index contributed by atoms with van der Waals surface area (Å²) in [5, 5.41) is 10.9. The first-order valence-corrected chi connectivity index (χ1v) is 18.3. The SMILES string of the molecule is CCCCCCCCCCCCNC(=O)CCN(CCC(=O)NCCCCCCCCCCCC)N1CCN(C)CC1. The first kappa shape index (κ1) is 38.8. The van der Waals surface area contributed by atoms with Gasteiger partial charge >= 0.3 is 0 Å². The lowest BCUT2D eigenvalue weighted by molar-refractivity contribution is -0.125. The monoisotopic (exact) mass is 594 g/mol. The van der Waals surface area contributed by atoms with Crippen molar-refractivity contribution in [2.24, 2.45) is 0 Å². The molecule has 0 unspecified atom stereocenters. The van der Waals surface area contributed by atoms with E-state index in [9.17, 15) is 9.59 Å². The molecular formula is C35H71N5O2. The quantitative estimate of drug-likeness (QED) is 0.0891. The second-order valence-electron chi connectivity index (χ2n) is 12.8. The molecule has 0 aromatic heterocycles. The number of hydrogen-bond acceptors (Lipinski definition) is 5. The Labute approximate surface area is 261 Å². The summed E-state index contributed by atoms with van der Waals surface area (Å²) in [6, 6.07) is 0. The lowest BCUT2D eigenvalue weighted by Crippen LogP contribution is -2.54. The van der Waals surface area contributed by atoms with Gasteiger partial charge in [-0.05, 0) is 19.9 Å². The van der Waals surface area contributed by atoms with Crippen LogP contribution in [0.4, 0.5) is 0 Å². The van der Waals surface area contributed by atoms with E-state index in [0.717, 1.165) is 52.1 Å². The summed E-state index contributed by atoms with van der Waals surface area (Å²) in [5.74, 6) is 0.269. The molecular weight excluding hydrogens is 522 g/mol. The van der Waals surface area contributed by atoms with Crippen LogP contribution in [-0.4, -0.2) is 86.1 Å². The highest BCUT2D eigenvalue weighted by atomic mass is 16.2. The molecule has 0 saturated carbocycles. The summed E-state index contributed by atoms with van der Waals surface area (Å²) < 4.78 is 0. The highest BCUT2D eigenvalue weighted by Crippen LogP contribution is 2.12. The van der Waals surface area contributed by atoms with Crippen LogP contribution in [0.2, 0.25) is 0 Å². The van der Waals surface area contributed by atoms with Gasteiger partial charge in [0, 0.05) is 65.2 Å². The zero-order valence-corrected chi connectivity index (χ0v) is 28.4. The van der Waals surface area contributed by atoms with Gasteiger partial charge in [-0.2, -0.15) is 0 Å². The normalized spacial score (nSPS) is 14.5. The first-order valence-electron chi connectivity index (χ1n) is 18.3. The third kappa shape index (κ3) is 23.3. The highest BCUT2D eigenvalue weighted by Gasteiger charge is 2.21. The zero-order valence-electron chi connectivity index (χ0n) is 28.4. The van der Waals surface area contributed by atoms with Gasteiger partial charge in [0.15, 0.2) is 0 Å². The van der Waals surface area contributed by atoms with Crippen LogP contribution in [0, 0.1) is 0 Å². The lowest BCUT2D eigenvalue weighted by atomic mass is 10.1. The number of hydrogen-bond donors (Lipinski definition) is 2. The van der Waals surface area contributed by atoms with Crippen molar-refractivity contribution in [3.63, 3.8) is 0 Å². The average Bonchev–Trinajstić information content (AvgIpc) is 2.99. The number of nitrogens with one attached hydrogen (secondary N) is 2. The summed E-state index contributed by atoms with van der Waals surface area (Å²) >= 11 is 0. The van der Waals surface area contributed by atoms with E-state index in [-0.39, 0.29) is 11.8 Å². The molecule has 1 aliphatic heterocycles. The standard InChI is InChI=1S/C35H71N5O2/c1-4-6-8-10-12-14-16-18-20-22-26-36-34(41)24-28-39(40-32-30-38(3)31-33-40)29-25-35(42)37-27-23-21-19-17-15-13-11-9-7-5-2/h4-33H2,1-3H3,(H,36,41)(H,37,42). The molecule has 0 aliphatic carbocycles. The van der Waals surface area contributed by atoms with Gasteiger partial charge in [-0.25, -0.2) is 10.0 Å². The number of nitrogens with zero attached hydrogens (tertiary/aromatic N) is 3. The van der Waals surface area contributed by atoms with E-state index in [4.69, 9.17) is 0 Å². The number of amides is 2. The Hall–Kier alpha value is -1.18. The second-order valence-corrected chi connectivity index (χ2v) is 12.8. The summed E-state index contributed by atoms with van der Waals surface area (Å²) in [6.45, 7) is 11.4. The smallest absolute Gasteiger partial charge is 0.221 e. The Morgan fingerprint density at radius 1 is 0.524 bits per heavy atom. The van der Waals surface area contributed by atoms with Crippen molar-refractivity contribution in [3.05, 3.63) is 0 Å². The van der Waals surface area contributed by atoms with Gasteiger partial charge < -0.3 is 15.5 Å². The number of rotatable bonds is 29. The minimum Gasteiger partial charge on any atom is -0.356 e. The summed E-state index contributed by atoms with van der Waals surface area (Å²) in [5.41, 5.74) is 0. The van der Waals surface area contributed by atoms with Gasteiger partial charge in [0.1, 0.15) is 0 Å². The molecule has 2 amide bonds. The van der Waals surface area contributed by atoms with E-state index < -0.39 is 0 Å². The maximum Gasteiger partial charge on any atom is 0.221 e. The van der Waals surface area contributed by atoms with Crippen LogP contribution >= 0.6 is 0 Å². The topological polar surface area (TPSA) is 67.9 Å². The van der Waals surface area contributed by atoms with Gasteiger partial charge in [0.2, 0.25) is 11.8 Å². The molecule has 0 radical (unpaired) electrons. The van der Waals surface area contributed by atoms with Crippen molar-refractivity contribution in [1.82, 2.24) is 25.6 Å². The van der Waals surface area contributed by atoms with E-state index in [2.05, 4.69) is 46.4 Å². The van der Waals surface area contributed by atoms with Crippen LogP contribution in [0.3, 0.4) is 0 Å². The summed E-state index contributed by atoms with van der Waals surface area (Å²) in [4.78, 5) is 27.5. The molecule has 1 aliphatic rings. The van der Waals surface area contributed by atoms with Crippen LogP contribution in [0.1, 0.15) is 155 Å². The molecule has 7 nitrogen and oxygen atoms in total. The van der Waals surface area contributed by atoms with Gasteiger partial charge in [-0.3, -0.25) is 9.59 Å². The molecule has 1 heterocycles. The molecule has 2 N–H and O–H groups in total. The third-order valence-corrected chi connectivity index (χ3v) is 8.78. The van der Waals surface area contributed by atoms with Gasteiger partial charge in [-0.15, -0.1) is 0 Å². The maximum atomic E-state index is 12.6. The maximum absolute atomic E-state index is 12.6. The zero-order chi connectivity index (χ0) is 30.5. The Balaban J connectivity index is 2.16. The first-order chi connectivity index (χ1) is 20.6. The van der Waals surface area contributed by atoms with E-state index in [0.29, 0.717) is 25.9 Å². The van der Waals surface area contributed by atoms with Crippen molar-refractivity contribution in [2.75, 3.05) is 59.4 Å². The van der Waals surface area contributed by atoms with Crippen LogP contribution in [0.25, 0.3) is 0 Å².